The van der Waals surface area contributed by atoms with E-state index in [-0.39, 0.29) is 17.9 Å². The zero-order chi connectivity index (χ0) is 13.4. The fraction of sp³-hybridized carbons (Fsp3) is 0.571. The van der Waals surface area contributed by atoms with Crippen LogP contribution in [-0.2, 0) is 4.79 Å². The molecule has 102 valence electrons. The lowest BCUT2D eigenvalue weighted by Crippen LogP contribution is -2.49. The molecule has 1 saturated carbocycles. The van der Waals surface area contributed by atoms with Gasteiger partial charge >= 0.3 is 0 Å². The van der Waals surface area contributed by atoms with E-state index < -0.39 is 6.10 Å². The number of anilines is 1. The Labute approximate surface area is 112 Å². The average molecular weight is 262 g/mol. The predicted molar refractivity (Wildman–Crippen MR) is 70.0 cm³/mol. The summed E-state index contributed by atoms with van der Waals surface area (Å²) >= 11 is 0. The number of aliphatic hydroxyl groups is 1. The molecular weight excluding hydrogens is 244 g/mol. The van der Waals surface area contributed by atoms with E-state index >= 15 is 0 Å². The van der Waals surface area contributed by atoms with Gasteiger partial charge in [-0.05, 0) is 37.8 Å². The summed E-state index contributed by atoms with van der Waals surface area (Å²) in [4.78, 5) is 18.1. The fourth-order valence-corrected chi connectivity index (χ4v) is 2.91. The number of carbonyl (C=O) groups is 1. The molecule has 19 heavy (non-hydrogen) atoms. The van der Waals surface area contributed by atoms with E-state index in [1.807, 2.05) is 12.1 Å². The summed E-state index contributed by atoms with van der Waals surface area (Å²) in [6.45, 7) is 0. The van der Waals surface area contributed by atoms with Crippen molar-refractivity contribution in [2.45, 2.75) is 37.9 Å². The summed E-state index contributed by atoms with van der Waals surface area (Å²) in [5.41, 5.74) is 0. The molecule has 3 rings (SSSR count). The van der Waals surface area contributed by atoms with E-state index in [0.717, 1.165) is 25.7 Å². The SMILES string of the molecule is CN1C(=O)C(C2CCC(O)CC2)Oc2cccnc21. The highest BCUT2D eigenvalue weighted by molar-refractivity contribution is 5.98. The molecule has 1 atom stereocenters. The van der Waals surface area contributed by atoms with Gasteiger partial charge in [0.1, 0.15) is 0 Å². The van der Waals surface area contributed by atoms with E-state index in [4.69, 9.17) is 4.74 Å². The topological polar surface area (TPSA) is 62.7 Å². The Morgan fingerprint density at radius 3 is 2.84 bits per heavy atom. The van der Waals surface area contributed by atoms with Crippen molar-refractivity contribution in [1.82, 2.24) is 4.98 Å². The second-order valence-corrected chi connectivity index (χ2v) is 5.33. The van der Waals surface area contributed by atoms with Crippen molar-refractivity contribution in [1.29, 1.82) is 0 Å². The number of rotatable bonds is 1. The maximum Gasteiger partial charge on any atom is 0.269 e. The number of ether oxygens (including phenoxy) is 1. The summed E-state index contributed by atoms with van der Waals surface area (Å²) in [6.07, 6.45) is 4.17. The molecule has 1 aromatic heterocycles. The molecule has 2 heterocycles. The van der Waals surface area contributed by atoms with Gasteiger partial charge in [-0.1, -0.05) is 0 Å². The first-order valence-electron chi connectivity index (χ1n) is 6.74. The highest BCUT2D eigenvalue weighted by Crippen LogP contribution is 2.36. The zero-order valence-electron chi connectivity index (χ0n) is 11.0. The molecular formula is C14H18N2O3. The van der Waals surface area contributed by atoms with Crippen LogP contribution in [0.1, 0.15) is 25.7 Å². The minimum atomic E-state index is -0.436. The highest BCUT2D eigenvalue weighted by Gasteiger charge is 2.39. The Balaban J connectivity index is 1.83. The molecule has 0 aromatic carbocycles. The Hall–Kier alpha value is -1.62. The van der Waals surface area contributed by atoms with Crippen molar-refractivity contribution in [3.8, 4) is 5.75 Å². The molecule has 1 amide bonds. The number of likely N-dealkylation sites (N-methyl/N-ethyl adjacent to an activating group) is 1. The molecule has 2 aliphatic rings. The number of fused-ring (bicyclic) bond motifs is 1. The van der Waals surface area contributed by atoms with Crippen LogP contribution in [-0.4, -0.2) is 35.3 Å². The number of aliphatic hydroxyl groups excluding tert-OH is 1. The lowest BCUT2D eigenvalue weighted by Gasteiger charge is -2.37. The molecule has 0 saturated heterocycles. The van der Waals surface area contributed by atoms with E-state index in [1.54, 1.807) is 18.1 Å². The average Bonchev–Trinajstić information content (AvgIpc) is 2.44. The molecule has 5 nitrogen and oxygen atoms in total. The van der Waals surface area contributed by atoms with E-state index in [2.05, 4.69) is 4.98 Å². The van der Waals surface area contributed by atoms with Crippen molar-refractivity contribution in [3.63, 3.8) is 0 Å². The maximum absolute atomic E-state index is 12.4. The number of carbonyl (C=O) groups excluding carboxylic acids is 1. The minimum Gasteiger partial charge on any atom is -0.476 e. The van der Waals surface area contributed by atoms with Crippen LogP contribution in [0.3, 0.4) is 0 Å². The second-order valence-electron chi connectivity index (χ2n) is 5.33. The number of hydrogen-bond acceptors (Lipinski definition) is 4. The summed E-state index contributed by atoms with van der Waals surface area (Å²) in [7, 11) is 1.74. The Kier molecular flexibility index (Phi) is 3.14. The molecule has 1 aliphatic heterocycles. The third kappa shape index (κ3) is 2.18. The van der Waals surface area contributed by atoms with Crippen molar-refractivity contribution in [2.24, 2.45) is 5.92 Å². The van der Waals surface area contributed by atoms with Gasteiger partial charge in [0, 0.05) is 19.2 Å². The predicted octanol–water partition coefficient (Wildman–Crippen LogP) is 1.36. The molecule has 0 bridgehead atoms. The minimum absolute atomic E-state index is 0.0346. The van der Waals surface area contributed by atoms with Crippen molar-refractivity contribution < 1.29 is 14.6 Å². The maximum atomic E-state index is 12.4. The van der Waals surface area contributed by atoms with Crippen molar-refractivity contribution in [3.05, 3.63) is 18.3 Å². The number of pyridine rings is 1. The standard InChI is InChI=1S/C14H18N2O3/c1-16-13-11(3-2-8-15-13)19-12(14(16)18)9-4-6-10(17)7-5-9/h2-3,8-10,12,17H,4-7H2,1H3. The normalized spacial score (nSPS) is 30.7. The summed E-state index contributed by atoms with van der Waals surface area (Å²) in [6, 6.07) is 3.65. The highest BCUT2D eigenvalue weighted by atomic mass is 16.5. The van der Waals surface area contributed by atoms with Crippen LogP contribution in [0, 0.1) is 5.92 Å². The van der Waals surface area contributed by atoms with Crippen molar-refractivity contribution >= 4 is 11.7 Å². The first kappa shape index (κ1) is 12.4. The van der Waals surface area contributed by atoms with E-state index in [9.17, 15) is 9.90 Å². The molecule has 1 aliphatic carbocycles. The van der Waals surface area contributed by atoms with Crippen LogP contribution in [0.2, 0.25) is 0 Å². The van der Waals surface area contributed by atoms with Crippen LogP contribution in [0.5, 0.6) is 5.75 Å². The van der Waals surface area contributed by atoms with Crippen LogP contribution >= 0.6 is 0 Å². The van der Waals surface area contributed by atoms with Gasteiger partial charge in [0.15, 0.2) is 17.7 Å². The first-order valence-corrected chi connectivity index (χ1v) is 6.74. The molecule has 1 aromatic rings. The summed E-state index contributed by atoms with van der Waals surface area (Å²) in [5.74, 6) is 1.40. The molecule has 1 N–H and O–H groups in total. The quantitative estimate of drug-likeness (QED) is 0.830. The van der Waals surface area contributed by atoms with Gasteiger partial charge in [0.2, 0.25) is 0 Å². The second kappa shape index (κ2) is 4.81. The Bertz CT molecular complexity index is 483. The largest absolute Gasteiger partial charge is 0.476 e. The van der Waals surface area contributed by atoms with Gasteiger partial charge in [-0.2, -0.15) is 0 Å². The van der Waals surface area contributed by atoms with Crippen LogP contribution in [0.15, 0.2) is 18.3 Å². The Morgan fingerprint density at radius 2 is 2.11 bits per heavy atom. The number of aromatic nitrogens is 1. The van der Waals surface area contributed by atoms with Gasteiger partial charge in [0.05, 0.1) is 6.10 Å². The van der Waals surface area contributed by atoms with E-state index in [1.165, 1.54) is 0 Å². The Morgan fingerprint density at radius 1 is 1.37 bits per heavy atom. The zero-order valence-corrected chi connectivity index (χ0v) is 11.0. The molecule has 0 radical (unpaired) electrons. The van der Waals surface area contributed by atoms with Crippen molar-refractivity contribution in [2.75, 3.05) is 11.9 Å². The van der Waals surface area contributed by atoms with Crippen LogP contribution in [0.4, 0.5) is 5.82 Å². The van der Waals surface area contributed by atoms with Gasteiger partial charge < -0.3 is 9.84 Å². The lowest BCUT2D eigenvalue weighted by atomic mass is 9.83. The van der Waals surface area contributed by atoms with Gasteiger partial charge in [-0.25, -0.2) is 4.98 Å². The molecule has 1 unspecified atom stereocenters. The third-order valence-electron chi connectivity index (χ3n) is 4.07. The molecule has 5 heteroatoms. The van der Waals surface area contributed by atoms with Gasteiger partial charge in [-0.3, -0.25) is 9.69 Å². The lowest BCUT2D eigenvalue weighted by molar-refractivity contribution is -0.129. The molecule has 0 spiro atoms. The number of amides is 1. The van der Waals surface area contributed by atoms with E-state index in [0.29, 0.717) is 11.6 Å². The smallest absolute Gasteiger partial charge is 0.269 e. The number of nitrogens with zero attached hydrogens (tertiary/aromatic N) is 2. The van der Waals surface area contributed by atoms with Gasteiger partial charge in [-0.15, -0.1) is 0 Å². The monoisotopic (exact) mass is 262 g/mol. The summed E-state index contributed by atoms with van der Waals surface area (Å²) in [5, 5.41) is 9.55. The van der Waals surface area contributed by atoms with Crippen LogP contribution in [0.25, 0.3) is 0 Å². The van der Waals surface area contributed by atoms with Gasteiger partial charge in [0.25, 0.3) is 5.91 Å². The number of hydrogen-bond donors (Lipinski definition) is 1. The third-order valence-corrected chi connectivity index (χ3v) is 4.07. The van der Waals surface area contributed by atoms with Crippen LogP contribution < -0.4 is 9.64 Å². The molecule has 1 fully saturated rings. The summed E-state index contributed by atoms with van der Waals surface area (Å²) < 4.78 is 5.85. The fourth-order valence-electron chi connectivity index (χ4n) is 2.91. The first-order chi connectivity index (χ1) is 9.16.